The number of allylic oxidation sites excluding steroid dienone is 1. The Morgan fingerprint density at radius 3 is 1.69 bits per heavy atom. The summed E-state index contributed by atoms with van der Waals surface area (Å²) in [5.74, 6) is 0. The van der Waals surface area contributed by atoms with Gasteiger partial charge in [-0.05, 0) is 53.6 Å². The molecule has 1 heterocycles. The fourth-order valence-corrected chi connectivity index (χ4v) is 5.96. The first-order valence-corrected chi connectivity index (χ1v) is 12.4. The maximum Gasteiger partial charge on any atom is 0.138 e. The van der Waals surface area contributed by atoms with E-state index in [2.05, 4.69) is 77.7 Å². The standard InChI is InChI=1S/C32H19N3S/c33-20-23(21-34)31-27-13-7-8-14-28(27)32-29(31)19-30(36-32)22-15-17-26(18-16-22)35(24-9-3-1-4-10-24)25-11-5-2-6-12-25/h1-19H. The Bertz CT molecular complexity index is 1630. The highest BCUT2D eigenvalue weighted by molar-refractivity contribution is 7.19. The first kappa shape index (κ1) is 21.6. The molecule has 4 aromatic carbocycles. The molecule has 1 aromatic heterocycles. The minimum absolute atomic E-state index is 0.155. The second kappa shape index (κ2) is 9.04. The summed E-state index contributed by atoms with van der Waals surface area (Å²) in [6, 6.07) is 43.5. The Labute approximate surface area is 214 Å². The average Bonchev–Trinajstić information content (AvgIpc) is 3.50. The van der Waals surface area contributed by atoms with Gasteiger partial charge in [-0.3, -0.25) is 0 Å². The minimum Gasteiger partial charge on any atom is -0.311 e. The van der Waals surface area contributed by atoms with E-state index in [4.69, 9.17) is 0 Å². The molecule has 0 saturated carbocycles. The molecule has 0 amide bonds. The van der Waals surface area contributed by atoms with E-state index in [1.54, 1.807) is 11.3 Å². The monoisotopic (exact) mass is 477 g/mol. The van der Waals surface area contributed by atoms with Gasteiger partial charge in [-0.1, -0.05) is 72.8 Å². The van der Waals surface area contributed by atoms with Crippen LogP contribution in [-0.2, 0) is 0 Å². The van der Waals surface area contributed by atoms with E-state index in [0.717, 1.165) is 54.6 Å². The lowest BCUT2D eigenvalue weighted by Gasteiger charge is -2.25. The highest BCUT2D eigenvalue weighted by Gasteiger charge is 2.29. The third-order valence-electron chi connectivity index (χ3n) is 6.35. The Morgan fingerprint density at radius 1 is 0.583 bits per heavy atom. The molecule has 0 radical (unpaired) electrons. The van der Waals surface area contributed by atoms with Gasteiger partial charge in [0.2, 0.25) is 0 Å². The molecular formula is C32H19N3S. The van der Waals surface area contributed by atoms with E-state index in [-0.39, 0.29) is 5.57 Å². The molecule has 0 bridgehead atoms. The van der Waals surface area contributed by atoms with Crippen LogP contribution >= 0.6 is 11.3 Å². The van der Waals surface area contributed by atoms with Gasteiger partial charge in [-0.2, -0.15) is 10.5 Å². The van der Waals surface area contributed by atoms with Crippen molar-refractivity contribution in [3.05, 3.63) is 132 Å². The molecule has 0 saturated heterocycles. The van der Waals surface area contributed by atoms with Gasteiger partial charge in [0.25, 0.3) is 0 Å². The summed E-state index contributed by atoms with van der Waals surface area (Å²) in [4.78, 5) is 4.46. The number of rotatable bonds is 4. The zero-order valence-electron chi connectivity index (χ0n) is 19.2. The van der Waals surface area contributed by atoms with Crippen molar-refractivity contribution in [2.45, 2.75) is 0 Å². The van der Waals surface area contributed by atoms with Gasteiger partial charge in [-0.25, -0.2) is 0 Å². The summed E-state index contributed by atoms with van der Waals surface area (Å²) in [6.45, 7) is 0. The number of hydrogen-bond donors (Lipinski definition) is 0. The van der Waals surface area contributed by atoms with Crippen molar-refractivity contribution in [1.82, 2.24) is 0 Å². The van der Waals surface area contributed by atoms with Crippen LogP contribution < -0.4 is 4.90 Å². The lowest BCUT2D eigenvalue weighted by atomic mass is 9.99. The van der Waals surface area contributed by atoms with Crippen LogP contribution in [0, 0.1) is 22.7 Å². The third kappa shape index (κ3) is 3.58. The first-order valence-electron chi connectivity index (χ1n) is 11.6. The summed E-state index contributed by atoms with van der Waals surface area (Å²) >= 11 is 1.70. The van der Waals surface area contributed by atoms with Crippen molar-refractivity contribution in [2.75, 3.05) is 4.90 Å². The Balaban J connectivity index is 1.42. The van der Waals surface area contributed by atoms with Crippen molar-refractivity contribution >= 4 is 34.0 Å². The maximum absolute atomic E-state index is 9.60. The van der Waals surface area contributed by atoms with Crippen LogP contribution in [0.3, 0.4) is 0 Å². The number of fused-ring (bicyclic) bond motifs is 3. The summed E-state index contributed by atoms with van der Waals surface area (Å²) in [5, 5.41) is 19.2. The number of thiophene rings is 1. The molecule has 0 spiro atoms. The van der Waals surface area contributed by atoms with E-state index in [9.17, 15) is 10.5 Å². The number of hydrogen-bond acceptors (Lipinski definition) is 4. The van der Waals surface area contributed by atoms with Gasteiger partial charge < -0.3 is 4.90 Å². The quantitative estimate of drug-likeness (QED) is 0.239. The number of nitriles is 2. The molecule has 1 aliphatic carbocycles. The van der Waals surface area contributed by atoms with Gasteiger partial charge >= 0.3 is 0 Å². The average molecular weight is 478 g/mol. The van der Waals surface area contributed by atoms with E-state index in [1.165, 1.54) is 0 Å². The molecule has 0 N–H and O–H groups in total. The van der Waals surface area contributed by atoms with Crippen molar-refractivity contribution in [1.29, 1.82) is 10.5 Å². The Hall–Kier alpha value is -4.90. The molecule has 1 aliphatic rings. The minimum atomic E-state index is 0.155. The van der Waals surface area contributed by atoms with Gasteiger partial charge in [0, 0.05) is 43.5 Å². The molecule has 168 valence electrons. The van der Waals surface area contributed by atoms with Crippen molar-refractivity contribution in [3.8, 4) is 33.0 Å². The lowest BCUT2D eigenvalue weighted by molar-refractivity contribution is 1.28. The lowest BCUT2D eigenvalue weighted by Crippen LogP contribution is -2.09. The molecule has 0 aliphatic heterocycles. The number of anilines is 3. The molecule has 3 nitrogen and oxygen atoms in total. The van der Waals surface area contributed by atoms with Gasteiger partial charge in [-0.15, -0.1) is 11.3 Å². The van der Waals surface area contributed by atoms with E-state index < -0.39 is 0 Å². The second-order valence-corrected chi connectivity index (χ2v) is 9.48. The van der Waals surface area contributed by atoms with Crippen LogP contribution in [0.1, 0.15) is 11.1 Å². The molecule has 4 heteroatoms. The predicted molar refractivity (Wildman–Crippen MR) is 147 cm³/mol. The van der Waals surface area contributed by atoms with Gasteiger partial charge in [0.05, 0.1) is 0 Å². The van der Waals surface area contributed by atoms with Crippen LogP contribution in [-0.4, -0.2) is 0 Å². The molecular weight excluding hydrogens is 458 g/mol. The highest BCUT2D eigenvalue weighted by Crippen LogP contribution is 2.51. The molecule has 36 heavy (non-hydrogen) atoms. The summed E-state index contributed by atoms with van der Waals surface area (Å²) in [5.41, 5.74) is 8.27. The smallest absolute Gasteiger partial charge is 0.138 e. The maximum atomic E-state index is 9.60. The van der Waals surface area contributed by atoms with Crippen LogP contribution in [0.5, 0.6) is 0 Å². The topological polar surface area (TPSA) is 50.8 Å². The van der Waals surface area contributed by atoms with E-state index >= 15 is 0 Å². The number of benzene rings is 4. The number of para-hydroxylation sites is 2. The van der Waals surface area contributed by atoms with Gasteiger partial charge in [0.15, 0.2) is 0 Å². The predicted octanol–water partition coefficient (Wildman–Crippen LogP) is 8.71. The van der Waals surface area contributed by atoms with Crippen LogP contribution in [0.2, 0.25) is 0 Å². The van der Waals surface area contributed by atoms with Crippen LogP contribution in [0.15, 0.2) is 121 Å². The van der Waals surface area contributed by atoms with E-state index in [0.29, 0.717) is 0 Å². The molecule has 6 rings (SSSR count). The molecule has 0 atom stereocenters. The van der Waals surface area contributed by atoms with Crippen LogP contribution in [0.25, 0.3) is 26.5 Å². The molecule has 0 fully saturated rings. The summed E-state index contributed by atoms with van der Waals surface area (Å²) < 4.78 is 0. The summed E-state index contributed by atoms with van der Waals surface area (Å²) in [6.07, 6.45) is 0. The van der Waals surface area contributed by atoms with Crippen molar-refractivity contribution in [3.63, 3.8) is 0 Å². The zero-order valence-corrected chi connectivity index (χ0v) is 20.0. The largest absolute Gasteiger partial charge is 0.311 e. The Kier molecular flexibility index (Phi) is 5.43. The van der Waals surface area contributed by atoms with Crippen LogP contribution in [0.4, 0.5) is 17.1 Å². The van der Waals surface area contributed by atoms with Gasteiger partial charge in [0.1, 0.15) is 17.7 Å². The molecule has 0 unspecified atom stereocenters. The number of nitrogens with zero attached hydrogens (tertiary/aromatic N) is 3. The van der Waals surface area contributed by atoms with Crippen molar-refractivity contribution < 1.29 is 0 Å². The highest BCUT2D eigenvalue weighted by atomic mass is 32.1. The molecule has 5 aromatic rings. The van der Waals surface area contributed by atoms with E-state index in [1.807, 2.05) is 54.6 Å². The fraction of sp³-hybridized carbons (Fsp3) is 0. The van der Waals surface area contributed by atoms with Crippen molar-refractivity contribution in [2.24, 2.45) is 0 Å². The zero-order chi connectivity index (χ0) is 24.5. The fourth-order valence-electron chi connectivity index (χ4n) is 4.75. The Morgan fingerprint density at radius 2 is 1.11 bits per heavy atom. The normalized spacial score (nSPS) is 11.2. The SMILES string of the molecule is N#CC(C#N)=C1c2ccccc2-c2sc(-c3ccc(N(c4ccccc4)c4ccccc4)cc3)cc21. The first-order chi connectivity index (χ1) is 17.8. The third-order valence-corrected chi connectivity index (χ3v) is 7.57. The second-order valence-electron chi connectivity index (χ2n) is 8.43. The summed E-state index contributed by atoms with van der Waals surface area (Å²) in [7, 11) is 0.